The first-order chi connectivity index (χ1) is 14.1. The van der Waals surface area contributed by atoms with Gasteiger partial charge in [-0.05, 0) is 36.2 Å². The number of nitrogens with two attached hydrogens (primary N) is 1. The molecule has 0 spiro atoms. The van der Waals surface area contributed by atoms with Gasteiger partial charge in [0.2, 0.25) is 0 Å². The highest BCUT2D eigenvalue weighted by Gasteiger charge is 2.20. The molecule has 3 aromatic rings. The topological polar surface area (TPSA) is 93.4 Å². The Morgan fingerprint density at radius 2 is 2.10 bits per heavy atom. The third-order valence-corrected chi connectivity index (χ3v) is 5.79. The molecule has 1 aliphatic rings. The van der Waals surface area contributed by atoms with Crippen LogP contribution in [0.4, 0.5) is 15.6 Å². The molecule has 2 amide bonds. The molecule has 1 aromatic carbocycles. The number of hydrogen-bond acceptors (Lipinski definition) is 6. The fourth-order valence-corrected chi connectivity index (χ4v) is 4.37. The van der Waals surface area contributed by atoms with E-state index in [9.17, 15) is 4.79 Å². The Morgan fingerprint density at radius 1 is 1.28 bits per heavy atom. The lowest BCUT2D eigenvalue weighted by atomic mass is 10.1. The van der Waals surface area contributed by atoms with Crippen LogP contribution in [0.2, 0.25) is 0 Å². The summed E-state index contributed by atoms with van der Waals surface area (Å²) in [5.41, 5.74) is 9.21. The number of primary amides is 1. The number of ether oxygens (including phenoxy) is 1. The predicted molar refractivity (Wildman–Crippen MR) is 115 cm³/mol. The number of nitrogens with zero attached hydrogens (tertiary/aromatic N) is 3. The van der Waals surface area contributed by atoms with Gasteiger partial charge in [-0.15, -0.1) is 11.3 Å². The van der Waals surface area contributed by atoms with Crippen molar-refractivity contribution < 1.29 is 9.53 Å². The minimum absolute atomic E-state index is 0.585. The van der Waals surface area contributed by atoms with E-state index in [2.05, 4.69) is 32.3 Å². The quantitative estimate of drug-likeness (QED) is 0.649. The first-order valence-electron chi connectivity index (χ1n) is 9.56. The molecule has 4 rings (SSSR count). The number of anilines is 2. The molecule has 150 valence electrons. The Bertz CT molecular complexity index is 1000. The monoisotopic (exact) mass is 409 g/mol. The van der Waals surface area contributed by atoms with Crippen molar-refractivity contribution in [2.24, 2.45) is 5.73 Å². The summed E-state index contributed by atoms with van der Waals surface area (Å²) in [4.78, 5) is 23.7. The minimum Gasteiger partial charge on any atom is -0.494 e. The summed E-state index contributed by atoms with van der Waals surface area (Å²) >= 11 is 1.71. The van der Waals surface area contributed by atoms with Crippen molar-refractivity contribution in [3.05, 3.63) is 64.4 Å². The van der Waals surface area contributed by atoms with Gasteiger partial charge in [0, 0.05) is 42.7 Å². The molecule has 0 radical (unpaired) electrons. The number of pyridine rings is 1. The van der Waals surface area contributed by atoms with Crippen molar-refractivity contribution in [3.63, 3.8) is 0 Å². The maximum Gasteiger partial charge on any atom is 0.316 e. The van der Waals surface area contributed by atoms with Gasteiger partial charge in [0.05, 0.1) is 18.5 Å². The normalized spacial score (nSPS) is 13.1. The van der Waals surface area contributed by atoms with Gasteiger partial charge < -0.3 is 20.7 Å². The zero-order valence-corrected chi connectivity index (χ0v) is 17.0. The highest BCUT2D eigenvalue weighted by Crippen LogP contribution is 2.30. The molecular weight excluding hydrogens is 386 g/mol. The Balaban J connectivity index is 1.44. The summed E-state index contributed by atoms with van der Waals surface area (Å²) in [6, 6.07) is 9.56. The molecule has 3 N–H and O–H groups in total. The van der Waals surface area contributed by atoms with Crippen LogP contribution in [-0.2, 0) is 19.4 Å². The van der Waals surface area contributed by atoms with E-state index in [1.807, 2.05) is 31.3 Å². The molecular formula is C21H23N5O2S. The van der Waals surface area contributed by atoms with Gasteiger partial charge in [-0.3, -0.25) is 4.98 Å². The second-order valence-electron chi connectivity index (χ2n) is 6.85. The van der Waals surface area contributed by atoms with E-state index < -0.39 is 6.03 Å². The van der Waals surface area contributed by atoms with Crippen molar-refractivity contribution in [1.29, 1.82) is 0 Å². The number of carbonyl (C=O) groups excluding carboxylic acids is 1. The molecule has 0 unspecified atom stereocenters. The average Bonchev–Trinajstić information content (AvgIpc) is 3.17. The Morgan fingerprint density at radius 3 is 2.86 bits per heavy atom. The third-order valence-electron chi connectivity index (χ3n) is 4.73. The van der Waals surface area contributed by atoms with Crippen molar-refractivity contribution in [2.45, 2.75) is 26.3 Å². The maximum absolute atomic E-state index is 11.1. The maximum atomic E-state index is 11.1. The lowest BCUT2D eigenvalue weighted by Gasteiger charge is -2.28. The highest BCUT2D eigenvalue weighted by atomic mass is 32.1. The summed E-state index contributed by atoms with van der Waals surface area (Å²) in [6.07, 6.45) is 5.30. The number of carbonyl (C=O) groups is 1. The predicted octanol–water partition coefficient (Wildman–Crippen LogP) is 3.58. The Labute approximate surface area is 173 Å². The number of thiazole rings is 1. The summed E-state index contributed by atoms with van der Waals surface area (Å²) < 4.78 is 5.50. The van der Waals surface area contributed by atoms with Gasteiger partial charge in [-0.2, -0.15) is 0 Å². The van der Waals surface area contributed by atoms with E-state index in [0.29, 0.717) is 18.8 Å². The van der Waals surface area contributed by atoms with Crippen LogP contribution in [0.3, 0.4) is 0 Å². The summed E-state index contributed by atoms with van der Waals surface area (Å²) in [7, 11) is 0. The van der Waals surface area contributed by atoms with Gasteiger partial charge in [0.25, 0.3) is 0 Å². The van der Waals surface area contributed by atoms with E-state index in [1.165, 1.54) is 10.4 Å². The SMILES string of the molecule is CCOc1ccc(Cc2cnc(N3CCc4ncc(NC(N)=O)cc4C3)s2)cc1. The smallest absolute Gasteiger partial charge is 0.316 e. The molecule has 29 heavy (non-hydrogen) atoms. The summed E-state index contributed by atoms with van der Waals surface area (Å²) in [6.45, 7) is 4.24. The average molecular weight is 410 g/mol. The number of fused-ring (bicyclic) bond motifs is 1. The summed E-state index contributed by atoms with van der Waals surface area (Å²) in [5, 5.41) is 3.59. The van der Waals surface area contributed by atoms with Gasteiger partial charge in [-0.1, -0.05) is 12.1 Å². The van der Waals surface area contributed by atoms with Crippen LogP contribution < -0.4 is 20.7 Å². The standard InChI is InChI=1S/C21H23N5O2S/c1-2-28-17-5-3-14(4-6-17)9-18-12-24-21(29-18)26-8-7-19-15(13-26)10-16(11-23-19)25-20(22)27/h3-6,10-12H,2,7-9,13H2,1H3,(H3,22,25,27). The fourth-order valence-electron chi connectivity index (χ4n) is 3.40. The van der Waals surface area contributed by atoms with Crippen LogP contribution in [0.25, 0.3) is 0 Å². The lowest BCUT2D eigenvalue weighted by molar-refractivity contribution is 0.259. The van der Waals surface area contributed by atoms with E-state index >= 15 is 0 Å². The minimum atomic E-state index is -0.585. The Hall–Kier alpha value is -3.13. The molecule has 0 fully saturated rings. The molecule has 2 aromatic heterocycles. The second-order valence-corrected chi connectivity index (χ2v) is 7.95. The molecule has 0 saturated heterocycles. The number of hydrogen-bond donors (Lipinski definition) is 2. The van der Waals surface area contributed by atoms with Crippen LogP contribution in [-0.4, -0.2) is 29.2 Å². The van der Waals surface area contributed by atoms with Crippen LogP contribution in [0, 0.1) is 0 Å². The van der Waals surface area contributed by atoms with E-state index in [4.69, 9.17) is 10.5 Å². The number of nitrogens with one attached hydrogen (secondary N) is 1. The van der Waals surface area contributed by atoms with Gasteiger partial charge >= 0.3 is 6.03 Å². The third kappa shape index (κ3) is 4.65. The van der Waals surface area contributed by atoms with Gasteiger partial charge in [0.15, 0.2) is 5.13 Å². The van der Waals surface area contributed by atoms with Crippen molar-refractivity contribution in [2.75, 3.05) is 23.4 Å². The molecule has 0 aliphatic carbocycles. The zero-order chi connectivity index (χ0) is 20.2. The van der Waals surface area contributed by atoms with Crippen molar-refractivity contribution in [1.82, 2.24) is 9.97 Å². The van der Waals surface area contributed by atoms with Gasteiger partial charge in [-0.25, -0.2) is 9.78 Å². The lowest BCUT2D eigenvalue weighted by Crippen LogP contribution is -2.31. The second kappa shape index (κ2) is 8.48. The van der Waals surface area contributed by atoms with Crippen molar-refractivity contribution in [3.8, 4) is 5.75 Å². The largest absolute Gasteiger partial charge is 0.494 e. The van der Waals surface area contributed by atoms with E-state index in [1.54, 1.807) is 17.5 Å². The summed E-state index contributed by atoms with van der Waals surface area (Å²) in [5.74, 6) is 0.895. The Kier molecular flexibility index (Phi) is 5.62. The molecule has 3 heterocycles. The number of benzene rings is 1. The molecule has 0 bridgehead atoms. The first kappa shape index (κ1) is 19.2. The van der Waals surface area contributed by atoms with Crippen LogP contribution in [0.1, 0.15) is 28.6 Å². The van der Waals surface area contributed by atoms with Crippen molar-refractivity contribution >= 4 is 28.2 Å². The molecule has 7 nitrogen and oxygen atoms in total. The van der Waals surface area contributed by atoms with Crippen LogP contribution in [0.5, 0.6) is 5.75 Å². The highest BCUT2D eigenvalue weighted by molar-refractivity contribution is 7.15. The van der Waals surface area contributed by atoms with E-state index in [-0.39, 0.29) is 0 Å². The molecule has 0 atom stereocenters. The molecule has 1 aliphatic heterocycles. The number of aromatic nitrogens is 2. The molecule has 8 heteroatoms. The van der Waals surface area contributed by atoms with Crippen LogP contribution in [0.15, 0.2) is 42.7 Å². The van der Waals surface area contributed by atoms with E-state index in [0.717, 1.165) is 41.5 Å². The fraction of sp³-hybridized carbons (Fsp3) is 0.286. The number of amides is 2. The van der Waals surface area contributed by atoms with Crippen LogP contribution >= 0.6 is 11.3 Å². The zero-order valence-electron chi connectivity index (χ0n) is 16.2. The number of rotatable bonds is 6. The molecule has 0 saturated carbocycles. The van der Waals surface area contributed by atoms with Gasteiger partial charge in [0.1, 0.15) is 5.75 Å². The number of urea groups is 1. The first-order valence-corrected chi connectivity index (χ1v) is 10.4.